The summed E-state index contributed by atoms with van der Waals surface area (Å²) < 4.78 is 5.39. The molecule has 0 saturated heterocycles. The number of hydrogen-bond acceptors (Lipinski definition) is 3. The number of carbonyl (C=O) groups is 1. The number of aryl methyl sites for hydroxylation is 1. The van der Waals surface area contributed by atoms with Crippen LogP contribution in [0.2, 0.25) is 0 Å². The van der Waals surface area contributed by atoms with E-state index in [1.54, 1.807) is 18.3 Å². The summed E-state index contributed by atoms with van der Waals surface area (Å²) in [6.07, 6.45) is 5.95. The third-order valence-corrected chi connectivity index (χ3v) is 2.53. The molecular formula is C15H23NO2. The molecule has 0 aromatic carbocycles. The number of carbonyl (C=O) groups excluding carboxylic acids is 1. The number of esters is 1. The summed E-state index contributed by atoms with van der Waals surface area (Å²) in [5.74, 6) is -0.276. The Labute approximate surface area is 110 Å². The van der Waals surface area contributed by atoms with E-state index in [1.165, 1.54) is 0 Å². The van der Waals surface area contributed by atoms with Gasteiger partial charge in [-0.3, -0.25) is 4.98 Å². The van der Waals surface area contributed by atoms with E-state index in [-0.39, 0.29) is 5.97 Å². The summed E-state index contributed by atoms with van der Waals surface area (Å²) in [6, 6.07) is 3.57. The van der Waals surface area contributed by atoms with Crippen LogP contribution in [-0.4, -0.2) is 16.6 Å². The largest absolute Gasteiger partial charge is 0.456 e. The molecule has 0 spiro atoms. The quantitative estimate of drug-likeness (QED) is 0.589. The molecule has 0 aliphatic carbocycles. The maximum atomic E-state index is 12.1. The number of hydrogen-bond donors (Lipinski definition) is 0. The van der Waals surface area contributed by atoms with Crippen molar-refractivity contribution in [2.75, 3.05) is 0 Å². The van der Waals surface area contributed by atoms with E-state index in [0.717, 1.165) is 31.4 Å². The molecule has 0 unspecified atom stereocenters. The van der Waals surface area contributed by atoms with E-state index in [1.807, 2.05) is 20.8 Å². The maximum absolute atomic E-state index is 12.1. The van der Waals surface area contributed by atoms with Gasteiger partial charge in [0.1, 0.15) is 5.60 Å². The second-order valence-corrected chi connectivity index (χ2v) is 5.46. The van der Waals surface area contributed by atoms with Crippen molar-refractivity contribution in [2.24, 2.45) is 0 Å². The molecule has 3 nitrogen and oxygen atoms in total. The number of aromatic nitrogens is 1. The van der Waals surface area contributed by atoms with Crippen LogP contribution in [0.15, 0.2) is 18.3 Å². The molecule has 3 heteroatoms. The van der Waals surface area contributed by atoms with Gasteiger partial charge >= 0.3 is 5.97 Å². The molecule has 0 fully saturated rings. The second kappa shape index (κ2) is 6.53. The van der Waals surface area contributed by atoms with E-state index >= 15 is 0 Å². The van der Waals surface area contributed by atoms with E-state index in [2.05, 4.69) is 11.9 Å². The highest BCUT2D eigenvalue weighted by Gasteiger charge is 2.20. The summed E-state index contributed by atoms with van der Waals surface area (Å²) in [5, 5.41) is 0. The fourth-order valence-electron chi connectivity index (χ4n) is 1.70. The normalized spacial score (nSPS) is 11.3. The van der Waals surface area contributed by atoms with Crippen molar-refractivity contribution < 1.29 is 9.53 Å². The fourth-order valence-corrected chi connectivity index (χ4v) is 1.70. The zero-order chi connectivity index (χ0) is 13.6. The van der Waals surface area contributed by atoms with Gasteiger partial charge in [0.15, 0.2) is 0 Å². The zero-order valence-corrected chi connectivity index (χ0v) is 11.8. The minimum absolute atomic E-state index is 0.276. The molecule has 1 aromatic rings. The second-order valence-electron chi connectivity index (χ2n) is 5.46. The molecule has 1 heterocycles. The Bertz CT molecular complexity index is 394. The van der Waals surface area contributed by atoms with Crippen LogP contribution >= 0.6 is 0 Å². The molecule has 0 saturated carbocycles. The first-order chi connectivity index (χ1) is 8.44. The highest BCUT2D eigenvalue weighted by molar-refractivity contribution is 5.90. The topological polar surface area (TPSA) is 39.2 Å². The van der Waals surface area contributed by atoms with Gasteiger partial charge in [-0.1, -0.05) is 19.8 Å². The monoisotopic (exact) mass is 249 g/mol. The summed E-state index contributed by atoms with van der Waals surface area (Å²) in [7, 11) is 0. The van der Waals surface area contributed by atoms with Crippen molar-refractivity contribution in [3.8, 4) is 0 Å². The Morgan fingerprint density at radius 1 is 1.33 bits per heavy atom. The number of pyridine rings is 1. The Hall–Kier alpha value is -1.38. The van der Waals surface area contributed by atoms with Crippen LogP contribution in [0.5, 0.6) is 0 Å². The molecule has 0 aliphatic rings. The Morgan fingerprint density at radius 2 is 2.06 bits per heavy atom. The van der Waals surface area contributed by atoms with E-state index in [4.69, 9.17) is 4.74 Å². The molecule has 0 N–H and O–H groups in total. The number of rotatable bonds is 5. The minimum Gasteiger partial charge on any atom is -0.456 e. The van der Waals surface area contributed by atoms with Gasteiger partial charge in [0.2, 0.25) is 0 Å². The van der Waals surface area contributed by atoms with Crippen LogP contribution in [0.25, 0.3) is 0 Å². The standard InChI is InChI=1S/C15H23NO2/c1-5-6-7-10-13-12(9-8-11-16-13)14(17)18-15(2,3)4/h8-9,11H,5-7,10H2,1-4H3. The van der Waals surface area contributed by atoms with Crippen molar-refractivity contribution in [3.63, 3.8) is 0 Å². The molecule has 0 radical (unpaired) electrons. The number of nitrogens with zero attached hydrogens (tertiary/aromatic N) is 1. The van der Waals surface area contributed by atoms with E-state index in [9.17, 15) is 4.79 Å². The van der Waals surface area contributed by atoms with Crippen molar-refractivity contribution in [1.29, 1.82) is 0 Å². The molecule has 1 aromatic heterocycles. The molecule has 0 atom stereocenters. The van der Waals surface area contributed by atoms with Gasteiger partial charge < -0.3 is 4.74 Å². The summed E-state index contributed by atoms with van der Waals surface area (Å²) >= 11 is 0. The highest BCUT2D eigenvalue weighted by atomic mass is 16.6. The molecule has 0 aliphatic heterocycles. The lowest BCUT2D eigenvalue weighted by Crippen LogP contribution is -2.24. The SMILES string of the molecule is CCCCCc1ncccc1C(=O)OC(C)(C)C. The minimum atomic E-state index is -0.465. The van der Waals surface area contributed by atoms with Crippen LogP contribution in [0.4, 0.5) is 0 Å². The van der Waals surface area contributed by atoms with Crippen LogP contribution in [0, 0.1) is 0 Å². The molecule has 18 heavy (non-hydrogen) atoms. The molecular weight excluding hydrogens is 226 g/mol. The third-order valence-electron chi connectivity index (χ3n) is 2.53. The Kier molecular flexibility index (Phi) is 5.32. The lowest BCUT2D eigenvalue weighted by atomic mass is 10.1. The van der Waals surface area contributed by atoms with Gasteiger partial charge in [-0.15, -0.1) is 0 Å². The number of unbranched alkanes of at least 4 members (excludes halogenated alkanes) is 2. The fraction of sp³-hybridized carbons (Fsp3) is 0.600. The Morgan fingerprint density at radius 3 is 2.67 bits per heavy atom. The molecule has 0 amide bonds. The predicted molar refractivity (Wildman–Crippen MR) is 72.6 cm³/mol. The lowest BCUT2D eigenvalue weighted by molar-refractivity contribution is 0.00677. The van der Waals surface area contributed by atoms with Crippen molar-refractivity contribution in [1.82, 2.24) is 4.98 Å². The van der Waals surface area contributed by atoms with E-state index < -0.39 is 5.60 Å². The van der Waals surface area contributed by atoms with Crippen molar-refractivity contribution in [2.45, 2.75) is 59.0 Å². The maximum Gasteiger partial charge on any atom is 0.340 e. The van der Waals surface area contributed by atoms with Crippen molar-refractivity contribution in [3.05, 3.63) is 29.6 Å². The van der Waals surface area contributed by atoms with Gasteiger partial charge in [0.05, 0.1) is 11.3 Å². The summed E-state index contributed by atoms with van der Waals surface area (Å²) in [6.45, 7) is 7.78. The van der Waals surface area contributed by atoms with Crippen LogP contribution in [0.3, 0.4) is 0 Å². The average molecular weight is 249 g/mol. The molecule has 100 valence electrons. The number of ether oxygens (including phenoxy) is 1. The summed E-state index contributed by atoms with van der Waals surface area (Å²) in [5.41, 5.74) is 0.983. The van der Waals surface area contributed by atoms with Gasteiger partial charge in [-0.05, 0) is 45.7 Å². The van der Waals surface area contributed by atoms with Crippen LogP contribution in [-0.2, 0) is 11.2 Å². The van der Waals surface area contributed by atoms with Gasteiger partial charge in [-0.2, -0.15) is 0 Å². The third kappa shape index (κ3) is 4.86. The van der Waals surface area contributed by atoms with Gasteiger partial charge in [0.25, 0.3) is 0 Å². The molecule has 1 rings (SSSR count). The smallest absolute Gasteiger partial charge is 0.340 e. The van der Waals surface area contributed by atoms with Gasteiger partial charge in [0, 0.05) is 6.20 Å². The molecule has 0 bridgehead atoms. The first-order valence-corrected chi connectivity index (χ1v) is 6.61. The highest BCUT2D eigenvalue weighted by Crippen LogP contribution is 2.15. The Balaban J connectivity index is 2.78. The lowest BCUT2D eigenvalue weighted by Gasteiger charge is -2.20. The van der Waals surface area contributed by atoms with Crippen LogP contribution < -0.4 is 0 Å². The van der Waals surface area contributed by atoms with E-state index in [0.29, 0.717) is 5.56 Å². The predicted octanol–water partition coefficient (Wildman–Crippen LogP) is 3.77. The zero-order valence-electron chi connectivity index (χ0n) is 11.8. The van der Waals surface area contributed by atoms with Crippen molar-refractivity contribution >= 4 is 5.97 Å². The first kappa shape index (κ1) is 14.7. The average Bonchev–Trinajstić information content (AvgIpc) is 2.27. The summed E-state index contributed by atoms with van der Waals surface area (Å²) in [4.78, 5) is 16.4. The van der Waals surface area contributed by atoms with Crippen LogP contribution in [0.1, 0.15) is 63.0 Å². The van der Waals surface area contributed by atoms with Gasteiger partial charge in [-0.25, -0.2) is 4.79 Å². The first-order valence-electron chi connectivity index (χ1n) is 6.61.